The van der Waals surface area contributed by atoms with E-state index in [4.69, 9.17) is 5.73 Å². The van der Waals surface area contributed by atoms with Crippen molar-refractivity contribution in [3.8, 4) is 0 Å². The number of hydrogen-bond donors (Lipinski definition) is 2. The van der Waals surface area contributed by atoms with Crippen LogP contribution in [0.3, 0.4) is 0 Å². The van der Waals surface area contributed by atoms with Crippen LogP contribution in [-0.4, -0.2) is 18.5 Å². The van der Waals surface area contributed by atoms with Gasteiger partial charge in [-0.2, -0.15) is 0 Å². The largest absolute Gasteiger partial charge is 0.355 e. The molecular weight excluding hydrogens is 248 g/mol. The molecule has 3 nitrogen and oxygen atoms in total. The normalized spacial score (nSPS) is 13.9. The molecule has 0 saturated carbocycles. The van der Waals surface area contributed by atoms with Gasteiger partial charge < -0.3 is 11.1 Å². The van der Waals surface area contributed by atoms with E-state index in [0.717, 1.165) is 6.42 Å². The first-order valence-corrected chi connectivity index (χ1v) is 7.09. The molecule has 3 heteroatoms. The van der Waals surface area contributed by atoms with Crippen molar-refractivity contribution in [1.82, 2.24) is 5.32 Å². The second kappa shape index (κ2) is 6.53. The van der Waals surface area contributed by atoms with Crippen LogP contribution < -0.4 is 11.1 Å². The lowest BCUT2D eigenvalue weighted by molar-refractivity contribution is -0.124. The summed E-state index contributed by atoms with van der Waals surface area (Å²) < 4.78 is 0. The highest BCUT2D eigenvalue weighted by Gasteiger charge is 2.15. The minimum absolute atomic E-state index is 0.0285. The zero-order valence-electron chi connectivity index (χ0n) is 12.1. The summed E-state index contributed by atoms with van der Waals surface area (Å²) >= 11 is 0. The van der Waals surface area contributed by atoms with Gasteiger partial charge in [-0.15, -0.1) is 0 Å². The van der Waals surface area contributed by atoms with E-state index in [1.165, 1.54) is 16.3 Å². The van der Waals surface area contributed by atoms with Gasteiger partial charge in [0.2, 0.25) is 5.91 Å². The molecule has 0 aliphatic heterocycles. The maximum Gasteiger partial charge on any atom is 0.224 e. The molecule has 0 aliphatic rings. The quantitative estimate of drug-likeness (QED) is 0.877. The number of benzene rings is 2. The molecule has 0 spiro atoms. The molecule has 2 atom stereocenters. The van der Waals surface area contributed by atoms with Gasteiger partial charge in [-0.25, -0.2) is 0 Å². The molecule has 2 aromatic rings. The second-order valence-electron chi connectivity index (χ2n) is 5.37. The summed E-state index contributed by atoms with van der Waals surface area (Å²) in [4.78, 5) is 11.8. The van der Waals surface area contributed by atoms with Gasteiger partial charge >= 0.3 is 0 Å². The molecule has 1 amide bonds. The Morgan fingerprint density at radius 1 is 1.15 bits per heavy atom. The number of carbonyl (C=O) groups excluding carboxylic acids is 1. The van der Waals surface area contributed by atoms with Crippen molar-refractivity contribution < 1.29 is 4.79 Å². The lowest BCUT2D eigenvalue weighted by Crippen LogP contribution is -2.39. The summed E-state index contributed by atoms with van der Waals surface area (Å²) in [6.45, 7) is 4.36. The lowest BCUT2D eigenvalue weighted by Gasteiger charge is -2.15. The fraction of sp³-hybridized carbons (Fsp3) is 0.353. The number of amides is 1. The smallest absolute Gasteiger partial charge is 0.224 e. The maximum absolute atomic E-state index is 11.8. The molecule has 0 bridgehead atoms. The molecular formula is C17H22N2O. The minimum Gasteiger partial charge on any atom is -0.355 e. The first kappa shape index (κ1) is 14.5. The summed E-state index contributed by atoms with van der Waals surface area (Å²) in [5, 5.41) is 5.42. The van der Waals surface area contributed by atoms with Gasteiger partial charge in [0.15, 0.2) is 0 Å². The molecule has 20 heavy (non-hydrogen) atoms. The van der Waals surface area contributed by atoms with Crippen molar-refractivity contribution in [3.05, 3.63) is 48.0 Å². The minimum atomic E-state index is -0.147. The average molecular weight is 270 g/mol. The van der Waals surface area contributed by atoms with Crippen LogP contribution in [0.1, 0.15) is 19.4 Å². The van der Waals surface area contributed by atoms with Gasteiger partial charge in [0, 0.05) is 18.5 Å². The average Bonchev–Trinajstić information content (AvgIpc) is 2.46. The van der Waals surface area contributed by atoms with E-state index in [2.05, 4.69) is 35.6 Å². The Bertz CT molecular complexity index is 592. The highest BCUT2D eigenvalue weighted by molar-refractivity contribution is 5.83. The van der Waals surface area contributed by atoms with Gasteiger partial charge in [0.25, 0.3) is 0 Å². The molecule has 2 aromatic carbocycles. The molecule has 106 valence electrons. The van der Waals surface area contributed by atoms with E-state index in [0.29, 0.717) is 6.54 Å². The molecule has 3 N–H and O–H groups in total. The van der Waals surface area contributed by atoms with Crippen LogP contribution in [0, 0.1) is 5.92 Å². The van der Waals surface area contributed by atoms with Gasteiger partial charge in [0.1, 0.15) is 0 Å². The van der Waals surface area contributed by atoms with E-state index in [1.54, 1.807) is 0 Å². The third-order valence-corrected chi connectivity index (χ3v) is 3.73. The molecule has 2 rings (SSSR count). The molecule has 0 aromatic heterocycles. The zero-order chi connectivity index (χ0) is 14.5. The predicted molar refractivity (Wildman–Crippen MR) is 83.5 cm³/mol. The topological polar surface area (TPSA) is 55.1 Å². The van der Waals surface area contributed by atoms with Crippen molar-refractivity contribution in [1.29, 1.82) is 0 Å². The molecule has 0 heterocycles. The van der Waals surface area contributed by atoms with Gasteiger partial charge in [-0.3, -0.25) is 4.79 Å². The van der Waals surface area contributed by atoms with Crippen molar-refractivity contribution in [2.75, 3.05) is 6.54 Å². The Kier molecular flexibility index (Phi) is 4.74. The van der Waals surface area contributed by atoms with E-state index in [9.17, 15) is 4.79 Å². The van der Waals surface area contributed by atoms with Gasteiger partial charge in [-0.1, -0.05) is 49.4 Å². The lowest BCUT2D eigenvalue weighted by atomic mass is 10.0. The molecule has 2 unspecified atom stereocenters. The van der Waals surface area contributed by atoms with Crippen molar-refractivity contribution >= 4 is 16.7 Å². The fourth-order valence-corrected chi connectivity index (χ4v) is 2.12. The fourth-order valence-electron chi connectivity index (χ4n) is 2.12. The van der Waals surface area contributed by atoms with Gasteiger partial charge in [0.05, 0.1) is 0 Å². The van der Waals surface area contributed by atoms with Crippen LogP contribution in [-0.2, 0) is 11.2 Å². The SMILES string of the molecule is CC(N)C(C)C(=O)NCCc1ccc2ccccc2c1. The van der Waals surface area contributed by atoms with E-state index >= 15 is 0 Å². The maximum atomic E-state index is 11.8. The number of nitrogens with one attached hydrogen (secondary N) is 1. The number of hydrogen-bond acceptors (Lipinski definition) is 2. The molecule has 0 fully saturated rings. The molecule has 0 aliphatic carbocycles. The summed E-state index contributed by atoms with van der Waals surface area (Å²) in [6, 6.07) is 14.6. The summed E-state index contributed by atoms with van der Waals surface area (Å²) in [7, 11) is 0. The standard InChI is InChI=1S/C17H22N2O/c1-12(13(2)18)17(20)19-10-9-14-7-8-15-5-3-4-6-16(15)11-14/h3-8,11-13H,9-10,18H2,1-2H3,(H,19,20). The molecule has 0 radical (unpaired) electrons. The Morgan fingerprint density at radius 2 is 1.85 bits per heavy atom. The number of fused-ring (bicyclic) bond motifs is 1. The van der Waals surface area contributed by atoms with E-state index in [1.807, 2.05) is 26.0 Å². The first-order chi connectivity index (χ1) is 9.58. The summed E-state index contributed by atoms with van der Waals surface area (Å²) in [6.07, 6.45) is 0.836. The van der Waals surface area contributed by atoms with Crippen LogP contribution in [0.5, 0.6) is 0 Å². The Morgan fingerprint density at radius 3 is 2.55 bits per heavy atom. The van der Waals surface area contributed by atoms with Crippen LogP contribution >= 0.6 is 0 Å². The number of rotatable bonds is 5. The van der Waals surface area contributed by atoms with Crippen molar-refractivity contribution in [2.24, 2.45) is 11.7 Å². The highest BCUT2D eigenvalue weighted by Crippen LogP contribution is 2.15. The van der Waals surface area contributed by atoms with Crippen molar-refractivity contribution in [3.63, 3.8) is 0 Å². The molecule has 0 saturated heterocycles. The van der Waals surface area contributed by atoms with Crippen molar-refractivity contribution in [2.45, 2.75) is 26.3 Å². The predicted octanol–water partition coefficient (Wildman–Crippen LogP) is 2.48. The monoisotopic (exact) mass is 270 g/mol. The Hall–Kier alpha value is -1.87. The van der Waals surface area contributed by atoms with E-state index in [-0.39, 0.29) is 17.9 Å². The van der Waals surface area contributed by atoms with E-state index < -0.39 is 0 Å². The van der Waals surface area contributed by atoms with Crippen LogP contribution in [0.25, 0.3) is 10.8 Å². The number of carbonyl (C=O) groups is 1. The Balaban J connectivity index is 1.91. The van der Waals surface area contributed by atoms with Gasteiger partial charge in [-0.05, 0) is 29.7 Å². The highest BCUT2D eigenvalue weighted by atomic mass is 16.1. The summed E-state index contributed by atoms with van der Waals surface area (Å²) in [5.41, 5.74) is 6.95. The van der Waals surface area contributed by atoms with Crippen LogP contribution in [0.15, 0.2) is 42.5 Å². The summed E-state index contributed by atoms with van der Waals surface area (Å²) in [5.74, 6) is -0.118. The Labute approximate surface area is 120 Å². The first-order valence-electron chi connectivity index (χ1n) is 7.09. The second-order valence-corrected chi connectivity index (χ2v) is 5.37. The zero-order valence-corrected chi connectivity index (χ0v) is 12.1. The van der Waals surface area contributed by atoms with Crippen LogP contribution in [0.2, 0.25) is 0 Å². The third kappa shape index (κ3) is 3.58. The third-order valence-electron chi connectivity index (χ3n) is 3.73. The van der Waals surface area contributed by atoms with Crippen LogP contribution in [0.4, 0.5) is 0 Å². The number of nitrogens with two attached hydrogens (primary N) is 1.